The highest BCUT2D eigenvalue weighted by Gasteiger charge is 2.11. The van der Waals surface area contributed by atoms with E-state index in [1.54, 1.807) is 6.20 Å². The van der Waals surface area contributed by atoms with Gasteiger partial charge >= 0.3 is 0 Å². The maximum atomic E-state index is 11.5. The zero-order chi connectivity index (χ0) is 13.4. The summed E-state index contributed by atoms with van der Waals surface area (Å²) in [6, 6.07) is 5.90. The number of carbonyl (C=O) groups excluding carboxylic acids is 1. The van der Waals surface area contributed by atoms with E-state index in [0.29, 0.717) is 17.6 Å². The van der Waals surface area contributed by atoms with Crippen molar-refractivity contribution in [3.05, 3.63) is 30.1 Å². The molecule has 0 bridgehead atoms. The molecule has 1 heterocycles. The highest BCUT2D eigenvalue weighted by atomic mass is 16.2. The van der Waals surface area contributed by atoms with Crippen LogP contribution >= 0.6 is 0 Å². The van der Waals surface area contributed by atoms with Gasteiger partial charge in [0.05, 0.1) is 21.1 Å². The molecule has 0 spiro atoms. The number of hydrogen-bond donors (Lipinski definition) is 2. The highest BCUT2D eigenvalue weighted by Crippen LogP contribution is 1.93. The van der Waals surface area contributed by atoms with Crippen molar-refractivity contribution in [1.82, 2.24) is 15.7 Å². The van der Waals surface area contributed by atoms with E-state index in [2.05, 4.69) is 15.7 Å². The molecule has 0 saturated carbocycles. The molecule has 1 aromatic heterocycles. The van der Waals surface area contributed by atoms with Gasteiger partial charge in [-0.05, 0) is 12.1 Å². The van der Waals surface area contributed by atoms with Crippen molar-refractivity contribution in [3.8, 4) is 0 Å². The van der Waals surface area contributed by atoms with Crippen molar-refractivity contribution in [1.29, 1.82) is 0 Å². The third-order valence-corrected chi connectivity index (χ3v) is 2.27. The summed E-state index contributed by atoms with van der Waals surface area (Å²) in [4.78, 5) is 15.8. The van der Waals surface area contributed by atoms with Crippen molar-refractivity contribution in [3.63, 3.8) is 0 Å². The first-order chi connectivity index (χ1) is 8.47. The minimum absolute atomic E-state index is 0.0628. The van der Waals surface area contributed by atoms with Gasteiger partial charge in [0, 0.05) is 37.8 Å². The third kappa shape index (κ3) is 6.98. The minimum Gasteiger partial charge on any atom is -0.316 e. The van der Waals surface area contributed by atoms with Gasteiger partial charge in [0.15, 0.2) is 0 Å². The number of quaternary nitrogens is 1. The fourth-order valence-corrected chi connectivity index (χ4v) is 1.52. The summed E-state index contributed by atoms with van der Waals surface area (Å²) in [6.45, 7) is 1.54. The van der Waals surface area contributed by atoms with E-state index in [9.17, 15) is 4.79 Å². The molecule has 18 heavy (non-hydrogen) atoms. The van der Waals surface area contributed by atoms with Crippen molar-refractivity contribution in [2.24, 2.45) is 0 Å². The summed E-state index contributed by atoms with van der Waals surface area (Å²) >= 11 is 0. The molecule has 100 valence electrons. The number of rotatable bonds is 7. The number of hydrogen-bond acceptors (Lipinski definition) is 3. The van der Waals surface area contributed by atoms with Crippen LogP contribution in [0.15, 0.2) is 24.4 Å². The largest absolute Gasteiger partial charge is 0.316 e. The summed E-state index contributed by atoms with van der Waals surface area (Å²) in [5, 5.41) is 3.24. The number of nitrogens with zero attached hydrogens (tertiary/aromatic N) is 2. The van der Waals surface area contributed by atoms with Gasteiger partial charge in [-0.2, -0.15) is 0 Å². The smallest absolute Gasteiger partial charge is 0.266 e. The van der Waals surface area contributed by atoms with Gasteiger partial charge in [-0.15, -0.1) is 0 Å². The van der Waals surface area contributed by atoms with E-state index in [1.807, 2.05) is 39.3 Å². The van der Waals surface area contributed by atoms with Crippen LogP contribution in [0.25, 0.3) is 0 Å². The molecule has 0 aromatic carbocycles. The van der Waals surface area contributed by atoms with Crippen LogP contribution in [0.4, 0.5) is 0 Å². The van der Waals surface area contributed by atoms with Crippen LogP contribution < -0.4 is 10.7 Å². The second kappa shape index (κ2) is 7.08. The number of pyridine rings is 1. The fraction of sp³-hybridized carbons (Fsp3) is 0.538. The second-order valence-corrected chi connectivity index (χ2v) is 5.12. The number of amides is 1. The zero-order valence-corrected chi connectivity index (χ0v) is 11.4. The molecule has 1 amide bonds. The molecule has 0 radical (unpaired) electrons. The molecular formula is C13H23N4O+. The van der Waals surface area contributed by atoms with Gasteiger partial charge in [0.1, 0.15) is 0 Å². The molecule has 1 aromatic rings. The number of nitrogens with one attached hydrogen (secondary N) is 2. The molecule has 0 atom stereocenters. The molecule has 0 aliphatic carbocycles. The van der Waals surface area contributed by atoms with Gasteiger partial charge in [0.25, 0.3) is 5.91 Å². The van der Waals surface area contributed by atoms with Crippen molar-refractivity contribution in [2.75, 3.05) is 34.2 Å². The third-order valence-electron chi connectivity index (χ3n) is 2.27. The normalized spacial score (nSPS) is 11.3. The van der Waals surface area contributed by atoms with Crippen molar-refractivity contribution in [2.45, 2.75) is 12.8 Å². The second-order valence-electron chi connectivity index (χ2n) is 5.12. The monoisotopic (exact) mass is 251 g/mol. The molecule has 5 nitrogen and oxygen atoms in total. The van der Waals surface area contributed by atoms with E-state index in [-0.39, 0.29) is 5.91 Å². The molecule has 5 heteroatoms. The zero-order valence-electron chi connectivity index (χ0n) is 11.4. The molecular weight excluding hydrogens is 228 g/mol. The van der Waals surface area contributed by atoms with E-state index in [1.165, 1.54) is 0 Å². The molecule has 0 unspecified atom stereocenters. The van der Waals surface area contributed by atoms with Crippen LogP contribution in [0.5, 0.6) is 0 Å². The van der Waals surface area contributed by atoms with Gasteiger partial charge in [-0.1, -0.05) is 6.07 Å². The van der Waals surface area contributed by atoms with E-state index < -0.39 is 0 Å². The summed E-state index contributed by atoms with van der Waals surface area (Å²) in [6.07, 6.45) is 3.18. The summed E-state index contributed by atoms with van der Waals surface area (Å²) in [5.74, 6) is 0.0628. The minimum atomic E-state index is 0.0628. The Morgan fingerprint density at radius 1 is 1.28 bits per heavy atom. The maximum Gasteiger partial charge on any atom is 0.266 e. The summed E-state index contributed by atoms with van der Waals surface area (Å²) < 4.78 is 0.451. The Morgan fingerprint density at radius 2 is 2.06 bits per heavy atom. The van der Waals surface area contributed by atoms with Gasteiger partial charge in [-0.25, -0.2) is 10.0 Å². The average molecular weight is 251 g/mol. The SMILES string of the molecule is C[N+](C)(C)NC(=O)CCNCCc1ccccn1. The van der Waals surface area contributed by atoms with Crippen LogP contribution in [0.3, 0.4) is 0 Å². The average Bonchev–Trinajstić information content (AvgIpc) is 2.27. The number of aromatic nitrogens is 1. The lowest BCUT2D eigenvalue weighted by molar-refractivity contribution is -0.906. The Morgan fingerprint density at radius 3 is 2.67 bits per heavy atom. The first-order valence-electron chi connectivity index (χ1n) is 6.20. The predicted molar refractivity (Wildman–Crippen MR) is 71.6 cm³/mol. The Balaban J connectivity index is 2.07. The Bertz CT molecular complexity index is 359. The van der Waals surface area contributed by atoms with Crippen LogP contribution in [0, 0.1) is 0 Å². The quantitative estimate of drug-likeness (QED) is 0.417. The Kier molecular flexibility index (Phi) is 5.74. The van der Waals surface area contributed by atoms with Gasteiger partial charge in [-0.3, -0.25) is 9.78 Å². The first-order valence-corrected chi connectivity index (χ1v) is 6.20. The van der Waals surface area contributed by atoms with E-state index >= 15 is 0 Å². The Hall–Kier alpha value is -1.46. The van der Waals surface area contributed by atoms with Crippen molar-refractivity contribution >= 4 is 5.91 Å². The predicted octanol–water partition coefficient (Wildman–Crippen LogP) is 0.341. The molecule has 0 aliphatic heterocycles. The molecule has 1 rings (SSSR count). The fourth-order valence-electron chi connectivity index (χ4n) is 1.52. The lowest BCUT2D eigenvalue weighted by Gasteiger charge is -2.23. The molecule has 0 saturated heterocycles. The van der Waals surface area contributed by atoms with Crippen LogP contribution in [0.1, 0.15) is 12.1 Å². The lowest BCUT2D eigenvalue weighted by atomic mass is 10.2. The summed E-state index contributed by atoms with van der Waals surface area (Å²) in [7, 11) is 5.77. The first kappa shape index (κ1) is 14.6. The van der Waals surface area contributed by atoms with E-state index in [0.717, 1.165) is 18.7 Å². The topological polar surface area (TPSA) is 54.0 Å². The van der Waals surface area contributed by atoms with Crippen LogP contribution in [0.2, 0.25) is 0 Å². The molecule has 0 fully saturated rings. The molecule has 0 aliphatic rings. The molecule has 2 N–H and O–H groups in total. The van der Waals surface area contributed by atoms with Gasteiger partial charge < -0.3 is 5.32 Å². The highest BCUT2D eigenvalue weighted by molar-refractivity contribution is 5.74. The Labute approximate surface area is 109 Å². The lowest BCUT2D eigenvalue weighted by Crippen LogP contribution is -2.51. The van der Waals surface area contributed by atoms with Crippen LogP contribution in [-0.2, 0) is 11.2 Å². The van der Waals surface area contributed by atoms with Crippen LogP contribution in [-0.4, -0.2) is 49.7 Å². The standard InChI is InChI=1S/C13H22N4O/c1-17(2,3)16-13(18)8-11-14-10-7-12-6-4-5-9-15-12/h4-6,9,14H,7-8,10-11H2,1-3H3/p+1. The van der Waals surface area contributed by atoms with Gasteiger partial charge in [0.2, 0.25) is 0 Å². The number of carbonyl (C=O) groups is 1. The maximum absolute atomic E-state index is 11.5. The summed E-state index contributed by atoms with van der Waals surface area (Å²) in [5.41, 5.74) is 3.94. The van der Waals surface area contributed by atoms with E-state index in [4.69, 9.17) is 0 Å². The van der Waals surface area contributed by atoms with Crippen molar-refractivity contribution < 1.29 is 9.39 Å².